The Bertz CT molecular complexity index is 623. The molecule has 4 heteroatoms. The van der Waals surface area contributed by atoms with Crippen LogP contribution in [0.3, 0.4) is 0 Å². The second-order valence-corrected chi connectivity index (χ2v) is 4.46. The molecule has 3 rings (SSSR count). The zero-order valence-electron chi connectivity index (χ0n) is 9.69. The molecule has 0 amide bonds. The van der Waals surface area contributed by atoms with Gasteiger partial charge in [0.15, 0.2) is 11.7 Å². The highest BCUT2D eigenvalue weighted by Crippen LogP contribution is 2.37. The Morgan fingerprint density at radius 3 is 2.89 bits per heavy atom. The average Bonchev–Trinajstić information content (AvgIpc) is 2.75. The van der Waals surface area contributed by atoms with E-state index in [4.69, 9.17) is 9.68 Å². The first-order valence-electron chi connectivity index (χ1n) is 5.94. The maximum Gasteiger partial charge on any atom is 0.198 e. The lowest BCUT2D eigenvalue weighted by molar-refractivity contribution is 0.338. The molecule has 0 aliphatic heterocycles. The molecule has 1 aliphatic carbocycles. The number of benzene rings is 1. The molecule has 0 N–H and O–H groups in total. The number of hydrogen-bond donors (Lipinski definition) is 0. The molecule has 1 aromatic carbocycles. The predicted molar refractivity (Wildman–Crippen MR) is 63.2 cm³/mol. The highest BCUT2D eigenvalue weighted by molar-refractivity contribution is 5.65. The van der Waals surface area contributed by atoms with Crippen LogP contribution in [0.15, 0.2) is 28.8 Å². The van der Waals surface area contributed by atoms with Crippen LogP contribution < -0.4 is 0 Å². The van der Waals surface area contributed by atoms with Gasteiger partial charge in [-0.05, 0) is 25.0 Å². The maximum absolute atomic E-state index is 13.5. The standard InChI is InChI=1S/C14H11FN2O/c15-12-6-2-5-10(11(12)7-16)13-8-17-14(18-13)9-3-1-4-9/h2,5-6,8-9H,1,3-4H2. The lowest BCUT2D eigenvalue weighted by atomic mass is 9.85. The van der Waals surface area contributed by atoms with Crippen molar-refractivity contribution in [2.45, 2.75) is 25.2 Å². The summed E-state index contributed by atoms with van der Waals surface area (Å²) in [7, 11) is 0. The van der Waals surface area contributed by atoms with Crippen molar-refractivity contribution in [1.82, 2.24) is 4.98 Å². The first-order valence-corrected chi connectivity index (χ1v) is 5.94. The van der Waals surface area contributed by atoms with E-state index in [1.54, 1.807) is 18.3 Å². The monoisotopic (exact) mass is 242 g/mol. The molecule has 3 nitrogen and oxygen atoms in total. The number of nitriles is 1. The van der Waals surface area contributed by atoms with Crippen LogP contribution in [0, 0.1) is 17.1 Å². The van der Waals surface area contributed by atoms with Gasteiger partial charge >= 0.3 is 0 Å². The summed E-state index contributed by atoms with van der Waals surface area (Å²) in [6, 6.07) is 6.37. The van der Waals surface area contributed by atoms with Crippen molar-refractivity contribution in [3.63, 3.8) is 0 Å². The zero-order valence-corrected chi connectivity index (χ0v) is 9.69. The van der Waals surface area contributed by atoms with Crippen molar-refractivity contribution >= 4 is 0 Å². The summed E-state index contributed by atoms with van der Waals surface area (Å²) in [6.45, 7) is 0. The summed E-state index contributed by atoms with van der Waals surface area (Å²) < 4.78 is 19.1. The van der Waals surface area contributed by atoms with Crippen LogP contribution in [0.4, 0.5) is 4.39 Å². The molecule has 2 aromatic rings. The molecule has 0 radical (unpaired) electrons. The third-order valence-electron chi connectivity index (χ3n) is 3.37. The molecular weight excluding hydrogens is 231 g/mol. The quantitative estimate of drug-likeness (QED) is 0.808. The lowest BCUT2D eigenvalue weighted by Gasteiger charge is -2.21. The molecule has 0 spiro atoms. The van der Waals surface area contributed by atoms with Crippen molar-refractivity contribution in [2.24, 2.45) is 0 Å². The summed E-state index contributed by atoms with van der Waals surface area (Å²) >= 11 is 0. The fraction of sp³-hybridized carbons (Fsp3) is 0.286. The van der Waals surface area contributed by atoms with Gasteiger partial charge in [0, 0.05) is 11.5 Å². The third kappa shape index (κ3) is 1.68. The molecular formula is C14H11FN2O. The van der Waals surface area contributed by atoms with E-state index in [1.807, 2.05) is 6.07 Å². The first kappa shape index (κ1) is 11.0. The molecule has 1 aliphatic rings. The summed E-state index contributed by atoms with van der Waals surface area (Å²) in [6.07, 6.45) is 4.96. The van der Waals surface area contributed by atoms with E-state index in [2.05, 4.69) is 4.98 Å². The minimum atomic E-state index is -0.531. The van der Waals surface area contributed by atoms with Crippen LogP contribution in [0.1, 0.15) is 36.6 Å². The minimum Gasteiger partial charge on any atom is -0.440 e. The van der Waals surface area contributed by atoms with E-state index < -0.39 is 5.82 Å². The smallest absolute Gasteiger partial charge is 0.198 e. The third-order valence-corrected chi connectivity index (χ3v) is 3.37. The van der Waals surface area contributed by atoms with Crippen LogP contribution in [0.25, 0.3) is 11.3 Å². The summed E-state index contributed by atoms with van der Waals surface area (Å²) in [5.74, 6) is 1.02. The van der Waals surface area contributed by atoms with Gasteiger partial charge < -0.3 is 4.42 Å². The van der Waals surface area contributed by atoms with Gasteiger partial charge in [-0.2, -0.15) is 5.26 Å². The number of rotatable bonds is 2. The summed E-state index contributed by atoms with van der Waals surface area (Å²) in [5.41, 5.74) is 0.476. The molecule has 0 unspecified atom stereocenters. The van der Waals surface area contributed by atoms with E-state index in [9.17, 15) is 4.39 Å². The maximum atomic E-state index is 13.5. The van der Waals surface area contributed by atoms with Crippen LogP contribution in [-0.2, 0) is 0 Å². The van der Waals surface area contributed by atoms with Crippen LogP contribution >= 0.6 is 0 Å². The van der Waals surface area contributed by atoms with Crippen molar-refractivity contribution in [2.75, 3.05) is 0 Å². The van der Waals surface area contributed by atoms with Gasteiger partial charge in [0.25, 0.3) is 0 Å². The number of hydrogen-bond acceptors (Lipinski definition) is 3. The fourth-order valence-corrected chi connectivity index (χ4v) is 2.10. The van der Waals surface area contributed by atoms with Crippen LogP contribution in [-0.4, -0.2) is 4.98 Å². The van der Waals surface area contributed by atoms with E-state index in [0.29, 0.717) is 23.1 Å². The Morgan fingerprint density at radius 1 is 1.39 bits per heavy atom. The number of halogens is 1. The Kier molecular flexibility index (Phi) is 2.60. The van der Waals surface area contributed by atoms with Gasteiger partial charge in [-0.3, -0.25) is 0 Å². The zero-order chi connectivity index (χ0) is 12.5. The molecule has 1 fully saturated rings. The van der Waals surface area contributed by atoms with Gasteiger partial charge in [-0.15, -0.1) is 0 Å². The SMILES string of the molecule is N#Cc1c(F)cccc1-c1cnc(C2CCC2)o1. The molecule has 0 saturated heterocycles. The van der Waals surface area contributed by atoms with E-state index in [-0.39, 0.29) is 5.56 Å². The second-order valence-electron chi connectivity index (χ2n) is 4.46. The molecule has 1 aromatic heterocycles. The number of oxazole rings is 1. The number of aromatic nitrogens is 1. The number of nitrogens with zero attached hydrogens (tertiary/aromatic N) is 2. The first-order chi connectivity index (χ1) is 8.79. The van der Waals surface area contributed by atoms with Crippen molar-refractivity contribution in [3.8, 4) is 17.4 Å². The average molecular weight is 242 g/mol. The van der Waals surface area contributed by atoms with Gasteiger partial charge in [-0.1, -0.05) is 12.5 Å². The van der Waals surface area contributed by atoms with Crippen molar-refractivity contribution in [1.29, 1.82) is 5.26 Å². The molecule has 1 heterocycles. The molecule has 1 saturated carbocycles. The van der Waals surface area contributed by atoms with Gasteiger partial charge in [-0.25, -0.2) is 9.37 Å². The lowest BCUT2D eigenvalue weighted by Crippen LogP contribution is -2.08. The van der Waals surface area contributed by atoms with Crippen molar-refractivity contribution < 1.29 is 8.81 Å². The highest BCUT2D eigenvalue weighted by atomic mass is 19.1. The van der Waals surface area contributed by atoms with Gasteiger partial charge in [0.1, 0.15) is 11.9 Å². The second kappa shape index (κ2) is 4.26. The Labute approximate surface area is 104 Å². The topological polar surface area (TPSA) is 49.8 Å². The van der Waals surface area contributed by atoms with Crippen LogP contribution in [0.5, 0.6) is 0 Å². The van der Waals surface area contributed by atoms with Crippen molar-refractivity contribution in [3.05, 3.63) is 41.7 Å². The molecule has 0 atom stereocenters. The Hall–Kier alpha value is -2.15. The van der Waals surface area contributed by atoms with Gasteiger partial charge in [0.2, 0.25) is 0 Å². The highest BCUT2D eigenvalue weighted by Gasteiger charge is 2.25. The summed E-state index contributed by atoms with van der Waals surface area (Å²) in [5, 5.41) is 8.98. The fourth-order valence-electron chi connectivity index (χ4n) is 2.10. The summed E-state index contributed by atoms with van der Waals surface area (Å²) in [4.78, 5) is 4.22. The van der Waals surface area contributed by atoms with E-state index >= 15 is 0 Å². The molecule has 0 bridgehead atoms. The largest absolute Gasteiger partial charge is 0.440 e. The molecule has 18 heavy (non-hydrogen) atoms. The Morgan fingerprint density at radius 2 is 2.22 bits per heavy atom. The van der Waals surface area contributed by atoms with Gasteiger partial charge in [0.05, 0.1) is 11.8 Å². The minimum absolute atomic E-state index is 0.00816. The molecule has 90 valence electrons. The predicted octanol–water partition coefficient (Wildman–Crippen LogP) is 3.62. The van der Waals surface area contributed by atoms with E-state index in [1.165, 1.54) is 12.5 Å². The Balaban J connectivity index is 2.02. The van der Waals surface area contributed by atoms with Crippen LogP contribution in [0.2, 0.25) is 0 Å². The normalized spacial score (nSPS) is 15.1. The van der Waals surface area contributed by atoms with E-state index in [0.717, 1.165) is 12.8 Å².